The molecule has 0 saturated heterocycles. The minimum atomic E-state index is -0.124. The van der Waals surface area contributed by atoms with E-state index in [1.54, 1.807) is 34.8 Å². The van der Waals surface area contributed by atoms with Gasteiger partial charge in [-0.1, -0.05) is 37.3 Å². The first-order chi connectivity index (χ1) is 10.8. The lowest BCUT2D eigenvalue weighted by Gasteiger charge is -2.28. The van der Waals surface area contributed by atoms with Crippen LogP contribution in [0.5, 0.6) is 0 Å². The smallest absolute Gasteiger partial charge is 0.106 e. The predicted octanol–water partition coefficient (Wildman–Crippen LogP) is 6.12. The van der Waals surface area contributed by atoms with Crippen molar-refractivity contribution in [1.29, 1.82) is 0 Å². The van der Waals surface area contributed by atoms with Gasteiger partial charge in [0, 0.05) is 12.9 Å². The summed E-state index contributed by atoms with van der Waals surface area (Å²) in [6.07, 6.45) is 5.46. The standard InChI is InChI=1S/C16H29NO2S2.C2H6/c1-8-9-14(17-6)21-20-13-11-16(4,5)19-12-10-15(2,3)18-7;1-2/h8-9H,1,6,10-13H2,2-5,7H3;1-2H3/b14-9+;. The molecule has 0 spiro atoms. The maximum atomic E-state index is 5.98. The molecular weight excluding hydrogens is 326 g/mol. The Bertz CT molecular complexity index is 353. The Morgan fingerprint density at radius 1 is 1.13 bits per heavy atom. The van der Waals surface area contributed by atoms with E-state index in [1.165, 1.54) is 0 Å². The largest absolute Gasteiger partial charge is 0.379 e. The lowest BCUT2D eigenvalue weighted by atomic mass is 10.0. The maximum Gasteiger partial charge on any atom is 0.106 e. The summed E-state index contributed by atoms with van der Waals surface area (Å²) in [5.74, 6) is 0.995. The van der Waals surface area contributed by atoms with Crippen LogP contribution in [0.1, 0.15) is 54.4 Å². The quantitative estimate of drug-likeness (QED) is 0.181. The number of nitrogens with zero attached hydrogens (tertiary/aromatic N) is 1. The average Bonchev–Trinajstić information content (AvgIpc) is 2.52. The second-order valence-electron chi connectivity index (χ2n) is 5.88. The first-order valence-corrected chi connectivity index (χ1v) is 10.4. The molecule has 0 heterocycles. The molecule has 0 aromatic rings. The molecular formula is C18H35NO2S2. The molecule has 0 aliphatic carbocycles. The van der Waals surface area contributed by atoms with E-state index in [-0.39, 0.29) is 11.2 Å². The van der Waals surface area contributed by atoms with Crippen LogP contribution >= 0.6 is 21.6 Å². The topological polar surface area (TPSA) is 30.8 Å². The third-order valence-corrected chi connectivity index (χ3v) is 5.39. The summed E-state index contributed by atoms with van der Waals surface area (Å²) in [5.41, 5.74) is -0.248. The van der Waals surface area contributed by atoms with E-state index in [9.17, 15) is 0 Å². The summed E-state index contributed by atoms with van der Waals surface area (Å²) < 4.78 is 11.4. The van der Waals surface area contributed by atoms with E-state index in [2.05, 4.69) is 46.0 Å². The fourth-order valence-corrected chi connectivity index (χ4v) is 3.51. The van der Waals surface area contributed by atoms with Gasteiger partial charge < -0.3 is 9.47 Å². The average molecular weight is 362 g/mol. The number of allylic oxidation sites excluding steroid dienone is 2. The Morgan fingerprint density at radius 2 is 1.74 bits per heavy atom. The van der Waals surface area contributed by atoms with Crippen molar-refractivity contribution >= 4 is 28.3 Å². The zero-order chi connectivity index (χ0) is 18.4. The molecule has 0 fully saturated rings. The highest BCUT2D eigenvalue weighted by atomic mass is 33.1. The zero-order valence-electron chi connectivity index (χ0n) is 16.0. The molecule has 136 valence electrons. The van der Waals surface area contributed by atoms with Crippen LogP contribution in [0.4, 0.5) is 0 Å². The van der Waals surface area contributed by atoms with Crippen LogP contribution in [0.2, 0.25) is 0 Å². The van der Waals surface area contributed by atoms with Gasteiger partial charge in [-0.2, -0.15) is 0 Å². The first kappa shape index (κ1) is 25.0. The van der Waals surface area contributed by atoms with Crippen LogP contribution in [0.25, 0.3) is 0 Å². The van der Waals surface area contributed by atoms with E-state index in [0.717, 1.165) is 23.6 Å². The van der Waals surface area contributed by atoms with Crippen LogP contribution in [0, 0.1) is 0 Å². The van der Waals surface area contributed by atoms with Crippen LogP contribution in [0.15, 0.2) is 28.8 Å². The summed E-state index contributed by atoms with van der Waals surface area (Å²) in [4.78, 5) is 3.93. The monoisotopic (exact) mass is 361 g/mol. The third-order valence-electron chi connectivity index (χ3n) is 3.10. The van der Waals surface area contributed by atoms with Crippen molar-refractivity contribution in [2.45, 2.75) is 65.6 Å². The van der Waals surface area contributed by atoms with Gasteiger partial charge in [-0.05, 0) is 64.1 Å². The Kier molecular flexibility index (Phi) is 15.4. The molecule has 0 bridgehead atoms. The van der Waals surface area contributed by atoms with Crippen LogP contribution < -0.4 is 0 Å². The summed E-state index contributed by atoms with van der Waals surface area (Å²) in [5, 5.41) is 0.885. The van der Waals surface area contributed by atoms with Crippen molar-refractivity contribution in [3.8, 4) is 0 Å². The molecule has 0 rings (SSSR count). The van der Waals surface area contributed by atoms with E-state index in [4.69, 9.17) is 9.47 Å². The van der Waals surface area contributed by atoms with Crippen LogP contribution in [-0.2, 0) is 9.47 Å². The van der Waals surface area contributed by atoms with Gasteiger partial charge in [0.2, 0.25) is 0 Å². The Morgan fingerprint density at radius 3 is 2.22 bits per heavy atom. The maximum absolute atomic E-state index is 5.98. The number of hydrogen-bond acceptors (Lipinski definition) is 5. The van der Waals surface area contributed by atoms with Gasteiger partial charge in [0.1, 0.15) is 5.03 Å². The Labute approximate surface area is 151 Å². The summed E-state index contributed by atoms with van der Waals surface area (Å²) in [6.45, 7) is 20.3. The minimum absolute atomic E-state index is 0.124. The molecule has 0 atom stereocenters. The number of hydrogen-bond donors (Lipinski definition) is 0. The second kappa shape index (κ2) is 14.1. The highest BCUT2D eigenvalue weighted by Gasteiger charge is 2.21. The molecule has 23 heavy (non-hydrogen) atoms. The molecule has 0 radical (unpaired) electrons. The molecule has 5 heteroatoms. The van der Waals surface area contributed by atoms with Crippen LogP contribution in [0.3, 0.4) is 0 Å². The summed E-state index contributed by atoms with van der Waals surface area (Å²) in [7, 11) is 5.12. The van der Waals surface area contributed by atoms with E-state index in [0.29, 0.717) is 6.61 Å². The van der Waals surface area contributed by atoms with Gasteiger partial charge in [-0.3, -0.25) is 4.99 Å². The lowest BCUT2D eigenvalue weighted by molar-refractivity contribution is -0.0586. The molecule has 0 N–H and O–H groups in total. The first-order valence-electron chi connectivity index (χ1n) is 8.04. The van der Waals surface area contributed by atoms with E-state index < -0.39 is 0 Å². The third kappa shape index (κ3) is 15.1. The van der Waals surface area contributed by atoms with Crippen molar-refractivity contribution in [2.24, 2.45) is 4.99 Å². The fraction of sp³-hybridized carbons (Fsp3) is 0.722. The molecule has 0 aliphatic rings. The molecule has 3 nitrogen and oxygen atoms in total. The Balaban J connectivity index is 0. The van der Waals surface area contributed by atoms with Crippen LogP contribution in [-0.4, -0.2) is 37.4 Å². The number of ether oxygens (including phenoxy) is 2. The fourth-order valence-electron chi connectivity index (χ4n) is 1.34. The number of aliphatic imine (C=N–C) groups is 1. The minimum Gasteiger partial charge on any atom is -0.379 e. The van der Waals surface area contributed by atoms with Crippen molar-refractivity contribution in [3.05, 3.63) is 23.8 Å². The Hall–Kier alpha value is -0.230. The van der Waals surface area contributed by atoms with Crippen molar-refractivity contribution in [1.82, 2.24) is 0 Å². The SMILES string of the molecule is C=C/C=C(\N=C)SSCCC(C)(C)OCCC(C)(C)OC.CC. The van der Waals surface area contributed by atoms with Gasteiger partial charge in [0.15, 0.2) is 0 Å². The highest BCUT2D eigenvalue weighted by molar-refractivity contribution is 8.78. The van der Waals surface area contributed by atoms with Gasteiger partial charge in [-0.15, -0.1) is 0 Å². The van der Waals surface area contributed by atoms with E-state index >= 15 is 0 Å². The number of rotatable bonds is 12. The molecule has 0 aromatic carbocycles. The summed E-state index contributed by atoms with van der Waals surface area (Å²) in [6, 6.07) is 0. The van der Waals surface area contributed by atoms with Crippen molar-refractivity contribution < 1.29 is 9.47 Å². The van der Waals surface area contributed by atoms with Gasteiger partial charge in [0.25, 0.3) is 0 Å². The van der Waals surface area contributed by atoms with Crippen molar-refractivity contribution in [3.63, 3.8) is 0 Å². The molecule has 0 unspecified atom stereocenters. The van der Waals surface area contributed by atoms with Gasteiger partial charge in [-0.25, -0.2) is 0 Å². The molecule has 0 saturated carbocycles. The van der Waals surface area contributed by atoms with Crippen molar-refractivity contribution in [2.75, 3.05) is 19.5 Å². The molecule has 0 aromatic heterocycles. The molecule has 0 amide bonds. The zero-order valence-corrected chi connectivity index (χ0v) is 17.6. The summed E-state index contributed by atoms with van der Waals surface area (Å²) >= 11 is 0. The lowest BCUT2D eigenvalue weighted by Crippen LogP contribution is -2.30. The normalized spacial score (nSPS) is 12.4. The second-order valence-corrected chi connectivity index (χ2v) is 8.31. The molecule has 0 aliphatic heterocycles. The van der Waals surface area contributed by atoms with Gasteiger partial charge in [0.05, 0.1) is 17.8 Å². The number of methoxy groups -OCH3 is 1. The van der Waals surface area contributed by atoms with Gasteiger partial charge >= 0.3 is 0 Å². The highest BCUT2D eigenvalue weighted by Crippen LogP contribution is 2.33. The van der Waals surface area contributed by atoms with E-state index in [1.807, 2.05) is 19.9 Å². The predicted molar refractivity (Wildman–Crippen MR) is 110 cm³/mol.